The first-order valence-electron chi connectivity index (χ1n) is 5.28. The van der Waals surface area contributed by atoms with Gasteiger partial charge in [0, 0.05) is 6.51 Å². The quantitative estimate of drug-likeness (QED) is 0.456. The van der Waals surface area contributed by atoms with Crippen molar-refractivity contribution in [3.8, 4) is 0 Å². The number of hydrogen-bond donors (Lipinski definition) is 0. The summed E-state index contributed by atoms with van der Waals surface area (Å²) < 4.78 is 40.1. The first-order chi connectivity index (χ1) is 6.45. The maximum absolute atomic E-state index is 11.8. The predicted octanol–water partition coefficient (Wildman–Crippen LogP) is 0.752. The van der Waals surface area contributed by atoms with Crippen LogP contribution in [0.3, 0.4) is 0 Å². The molecule has 0 spiro atoms. The van der Waals surface area contributed by atoms with Crippen molar-refractivity contribution < 1.29 is 69.1 Å². The summed E-state index contributed by atoms with van der Waals surface area (Å²) in [6, 6.07) is 0. The van der Waals surface area contributed by atoms with E-state index in [1.54, 1.807) is 6.92 Å². The van der Waals surface area contributed by atoms with Gasteiger partial charge in [-0.2, -0.15) is 0 Å². The Hall–Kier alpha value is 1.45. The monoisotopic (exact) mass is 250 g/mol. The molecule has 0 aliphatic carbocycles. The molecule has 15 heavy (non-hydrogen) atoms. The average molecular weight is 250 g/mol. The number of hydrogen-bond acceptors (Lipinski definition) is 1. The summed E-state index contributed by atoms with van der Waals surface area (Å²) in [5, 5.41) is 0. The van der Waals surface area contributed by atoms with Gasteiger partial charge in [-0.05, 0) is 13.3 Å². The molecule has 0 amide bonds. The van der Waals surface area contributed by atoms with Gasteiger partial charge >= 0.3 is 58.4 Å². The Morgan fingerprint density at radius 2 is 1.73 bits per heavy atom. The first-order valence-corrected chi connectivity index (χ1v) is 5.28. The Balaban J connectivity index is 0. The third-order valence-electron chi connectivity index (χ3n) is 2.03. The van der Waals surface area contributed by atoms with Crippen LogP contribution in [-0.4, -0.2) is 19.6 Å². The predicted molar refractivity (Wildman–Crippen MR) is 53.3 cm³/mol. The van der Waals surface area contributed by atoms with E-state index in [1.807, 2.05) is 0 Å². The molecule has 0 fully saturated rings. The topological polar surface area (TPSA) is 9.23 Å². The second-order valence-electron chi connectivity index (χ2n) is 3.70. The average Bonchev–Trinajstić information content (AvgIpc) is 2.08. The Morgan fingerprint density at radius 3 is 2.20 bits per heavy atom. The van der Waals surface area contributed by atoms with Crippen molar-refractivity contribution in [1.29, 1.82) is 0 Å². The molecule has 0 saturated heterocycles. The second kappa shape index (κ2) is 10.6. The van der Waals surface area contributed by atoms with E-state index in [-0.39, 0.29) is 57.5 Å². The molecule has 1 nitrogen and oxygen atoms in total. The third kappa shape index (κ3) is 15.5. The summed E-state index contributed by atoms with van der Waals surface area (Å²) >= 11 is 0. The molecule has 0 aromatic carbocycles. The zero-order chi connectivity index (χ0) is 11.0. The molecule has 0 bridgehead atoms. The molecule has 0 aliphatic heterocycles. The molecule has 0 heterocycles. The fourth-order valence-corrected chi connectivity index (χ4v) is 1.22. The number of unbranched alkanes of at least 4 members (excludes halogenated alkanes) is 3. The second-order valence-corrected chi connectivity index (χ2v) is 3.70. The summed E-state index contributed by atoms with van der Waals surface area (Å²) in [4.78, 5) is 0. The van der Waals surface area contributed by atoms with Gasteiger partial charge in [-0.1, -0.05) is 32.6 Å². The van der Waals surface area contributed by atoms with Crippen LogP contribution in [0.15, 0.2) is 0 Å². The van der Waals surface area contributed by atoms with E-state index in [0.29, 0.717) is 0 Å². The Kier molecular flexibility index (Phi) is 13.3. The van der Waals surface area contributed by atoms with Gasteiger partial charge in [0.15, 0.2) is 0 Å². The fraction of sp³-hybridized carbons (Fsp3) is 1.00. The molecule has 0 aliphatic rings. The van der Waals surface area contributed by atoms with Crippen molar-refractivity contribution >= 4 is 6.98 Å². The largest absolute Gasteiger partial charge is 1.00 e. The van der Waals surface area contributed by atoms with Gasteiger partial charge in [0.25, 0.3) is 0 Å². The molecule has 0 rings (SSSR count). The fourth-order valence-electron chi connectivity index (χ4n) is 1.22. The van der Waals surface area contributed by atoms with Crippen LogP contribution < -0.4 is 51.4 Å². The van der Waals surface area contributed by atoms with E-state index < -0.39 is 13.5 Å². The van der Waals surface area contributed by atoms with Crippen molar-refractivity contribution in [2.75, 3.05) is 6.51 Å². The molecular weight excluding hydrogens is 231 g/mol. The molecule has 0 aromatic heterocycles. The Labute approximate surface area is 133 Å². The minimum atomic E-state index is -4.78. The van der Waals surface area contributed by atoms with Gasteiger partial charge < -0.3 is 17.7 Å². The summed E-state index contributed by atoms with van der Waals surface area (Å²) in [5.41, 5.74) is 0. The minimum Gasteiger partial charge on any atom is -0.447 e. The van der Waals surface area contributed by atoms with E-state index in [1.165, 1.54) is 0 Å². The zero-order valence-corrected chi connectivity index (χ0v) is 13.1. The van der Waals surface area contributed by atoms with Crippen molar-refractivity contribution in [3.05, 3.63) is 0 Å². The van der Waals surface area contributed by atoms with Crippen molar-refractivity contribution in [3.63, 3.8) is 0 Å². The molecule has 1 unspecified atom stereocenters. The third-order valence-corrected chi connectivity index (χ3v) is 2.03. The van der Waals surface area contributed by atoms with Crippen LogP contribution in [0.5, 0.6) is 0 Å². The molecule has 0 aromatic rings. The van der Waals surface area contributed by atoms with Gasteiger partial charge in [-0.15, -0.1) is 0 Å². The number of halogens is 3. The first kappa shape index (κ1) is 18.8. The normalized spacial score (nSPS) is 13.4. The number of rotatable bonds is 8. The van der Waals surface area contributed by atoms with E-state index in [2.05, 4.69) is 11.7 Å². The van der Waals surface area contributed by atoms with Gasteiger partial charge in [-0.3, -0.25) is 0 Å². The van der Waals surface area contributed by atoms with E-state index in [4.69, 9.17) is 0 Å². The summed E-state index contributed by atoms with van der Waals surface area (Å²) in [7, 11) is 0. The molecule has 0 saturated carbocycles. The molecule has 0 radical (unpaired) electrons. The summed E-state index contributed by atoms with van der Waals surface area (Å²) in [5.74, 6) is 0. The van der Waals surface area contributed by atoms with Crippen LogP contribution in [0.25, 0.3) is 0 Å². The van der Waals surface area contributed by atoms with Crippen LogP contribution in [0.4, 0.5) is 12.9 Å². The molecule has 1 atom stereocenters. The van der Waals surface area contributed by atoms with Crippen LogP contribution in [0, 0.1) is 0 Å². The standard InChI is InChI=1S/C9H19BF3O.K/c1-3-4-5-6-7-9(2)14-8-10(11,12)13;/h9H,3-8H2,1-2H3;/q-1;+1. The Morgan fingerprint density at radius 1 is 1.13 bits per heavy atom. The van der Waals surface area contributed by atoms with Crippen molar-refractivity contribution in [2.45, 2.75) is 52.1 Å². The van der Waals surface area contributed by atoms with E-state index >= 15 is 0 Å². The van der Waals surface area contributed by atoms with Crippen molar-refractivity contribution in [2.24, 2.45) is 0 Å². The molecule has 6 heteroatoms. The van der Waals surface area contributed by atoms with Crippen LogP contribution in [0.2, 0.25) is 0 Å². The van der Waals surface area contributed by atoms with Crippen LogP contribution in [0.1, 0.15) is 46.0 Å². The van der Waals surface area contributed by atoms with Gasteiger partial charge in [0.2, 0.25) is 0 Å². The minimum absolute atomic E-state index is 0. The van der Waals surface area contributed by atoms with Crippen LogP contribution in [-0.2, 0) is 4.74 Å². The van der Waals surface area contributed by atoms with Gasteiger partial charge in [0.1, 0.15) is 0 Å². The van der Waals surface area contributed by atoms with Crippen LogP contribution >= 0.6 is 0 Å². The molecular formula is C9H19BF3KO. The summed E-state index contributed by atoms with van der Waals surface area (Å²) in [6.07, 6.45) is 4.79. The maximum Gasteiger partial charge on any atom is 1.00 e. The van der Waals surface area contributed by atoms with Gasteiger partial charge in [0.05, 0.1) is 6.10 Å². The molecule has 0 N–H and O–H groups in total. The SMILES string of the molecule is CCCCCCC(C)OC[B-](F)(F)F.[K+]. The molecule has 86 valence electrons. The van der Waals surface area contributed by atoms with Gasteiger partial charge in [-0.25, -0.2) is 0 Å². The summed E-state index contributed by atoms with van der Waals surface area (Å²) in [6.45, 7) is -2.04. The smallest absolute Gasteiger partial charge is 0.447 e. The number of ether oxygens (including phenoxy) is 1. The zero-order valence-electron chi connectivity index (χ0n) is 9.94. The Bertz CT molecular complexity index is 144. The van der Waals surface area contributed by atoms with E-state index in [0.717, 1.165) is 32.1 Å². The van der Waals surface area contributed by atoms with Crippen molar-refractivity contribution in [1.82, 2.24) is 0 Å². The van der Waals surface area contributed by atoms with E-state index in [9.17, 15) is 12.9 Å². The maximum atomic E-state index is 11.8.